The maximum Gasteiger partial charge on any atom is 0.408 e. The molecule has 25 heavy (non-hydrogen) atoms. The van der Waals surface area contributed by atoms with Crippen molar-refractivity contribution in [2.24, 2.45) is 0 Å². The van der Waals surface area contributed by atoms with Gasteiger partial charge in [0, 0.05) is 12.1 Å². The van der Waals surface area contributed by atoms with Gasteiger partial charge in [-0.05, 0) is 31.9 Å². The third kappa shape index (κ3) is 5.74. The fourth-order valence-electron chi connectivity index (χ4n) is 2.94. The molecule has 1 aromatic rings. The van der Waals surface area contributed by atoms with E-state index in [2.05, 4.69) is 5.32 Å². The number of para-hydroxylation sites is 1. The first-order valence-electron chi connectivity index (χ1n) is 8.61. The zero-order chi connectivity index (χ0) is 18.1. The van der Waals surface area contributed by atoms with Gasteiger partial charge < -0.3 is 10.1 Å². The summed E-state index contributed by atoms with van der Waals surface area (Å²) in [5.41, 5.74) is 0.287. The van der Waals surface area contributed by atoms with Crippen molar-refractivity contribution in [2.45, 2.75) is 51.2 Å². The summed E-state index contributed by atoms with van der Waals surface area (Å²) in [6, 6.07) is 6.43. The van der Waals surface area contributed by atoms with Crippen LogP contribution < -0.4 is 5.32 Å². The monoisotopic (exact) mass is 344 g/mol. The Morgan fingerprint density at radius 1 is 1.28 bits per heavy atom. The van der Waals surface area contributed by atoms with Gasteiger partial charge in [0.25, 0.3) is 5.69 Å². The summed E-state index contributed by atoms with van der Waals surface area (Å²) >= 11 is 0. The maximum absolute atomic E-state index is 12.3. The third-order valence-corrected chi connectivity index (χ3v) is 4.19. The lowest BCUT2D eigenvalue weighted by Crippen LogP contribution is -2.37. The van der Waals surface area contributed by atoms with Crippen LogP contribution in [-0.4, -0.2) is 17.1 Å². The van der Waals surface area contributed by atoms with Gasteiger partial charge >= 0.3 is 6.09 Å². The predicted molar refractivity (Wildman–Crippen MR) is 96.3 cm³/mol. The number of hydrogen-bond donors (Lipinski definition) is 1. The quantitative estimate of drug-likeness (QED) is 0.455. The first kappa shape index (κ1) is 18.7. The Hall–Kier alpha value is -2.63. The highest BCUT2D eigenvalue weighted by atomic mass is 16.6. The standard InChI is InChI=1S/C19H24N2O4/c1-2-3-5-14-18(16-12-8-9-13-17(16)21(23)24)25-19(22)20-15-10-6-4-7-11-15/h2-3,5,8-9,12-15,18H,4,6-7,10-11H2,1H3,(H,20,22)/b3-2+,14-5+. The minimum absolute atomic E-state index is 0.0666. The summed E-state index contributed by atoms with van der Waals surface area (Å²) in [5.74, 6) is 0. The molecule has 6 nitrogen and oxygen atoms in total. The van der Waals surface area contributed by atoms with Crippen LogP contribution in [0.5, 0.6) is 0 Å². The van der Waals surface area contributed by atoms with Crippen molar-refractivity contribution >= 4 is 11.8 Å². The number of alkyl carbamates (subject to hydrolysis) is 1. The van der Waals surface area contributed by atoms with Crippen LogP contribution in [0.2, 0.25) is 0 Å². The van der Waals surface area contributed by atoms with E-state index in [0.717, 1.165) is 25.7 Å². The second-order valence-corrected chi connectivity index (χ2v) is 6.03. The van der Waals surface area contributed by atoms with Gasteiger partial charge in [0.15, 0.2) is 6.10 Å². The highest BCUT2D eigenvalue weighted by Crippen LogP contribution is 2.29. The molecule has 2 rings (SSSR count). The van der Waals surface area contributed by atoms with Crippen molar-refractivity contribution in [1.82, 2.24) is 5.32 Å². The zero-order valence-corrected chi connectivity index (χ0v) is 14.4. The highest BCUT2D eigenvalue weighted by Gasteiger charge is 2.24. The molecule has 1 saturated carbocycles. The second-order valence-electron chi connectivity index (χ2n) is 6.03. The molecule has 1 unspecified atom stereocenters. The van der Waals surface area contributed by atoms with Crippen LogP contribution in [0.1, 0.15) is 50.7 Å². The Labute approximate surface area is 147 Å². The third-order valence-electron chi connectivity index (χ3n) is 4.19. The van der Waals surface area contributed by atoms with Crippen molar-refractivity contribution in [2.75, 3.05) is 0 Å². The molecule has 1 fully saturated rings. The molecule has 1 aromatic carbocycles. The summed E-state index contributed by atoms with van der Waals surface area (Å²) in [6.07, 6.45) is 10.9. The van der Waals surface area contributed by atoms with Gasteiger partial charge in [-0.2, -0.15) is 0 Å². The van der Waals surface area contributed by atoms with Gasteiger partial charge in [-0.25, -0.2) is 4.79 Å². The van der Waals surface area contributed by atoms with Crippen LogP contribution in [0.4, 0.5) is 10.5 Å². The number of nitrogens with one attached hydrogen (secondary N) is 1. The predicted octanol–water partition coefficient (Wildman–Crippen LogP) is 4.83. The molecule has 1 aliphatic carbocycles. The number of hydrogen-bond acceptors (Lipinski definition) is 4. The number of carbonyl (C=O) groups excluding carboxylic acids is 1. The number of benzene rings is 1. The Kier molecular flexibility index (Phi) is 7.19. The normalized spacial score (nSPS) is 16.8. The average molecular weight is 344 g/mol. The molecule has 0 bridgehead atoms. The van der Waals surface area contributed by atoms with Crippen molar-refractivity contribution in [1.29, 1.82) is 0 Å². The minimum Gasteiger partial charge on any atom is -0.437 e. The lowest BCUT2D eigenvalue weighted by atomic mass is 9.96. The second kappa shape index (κ2) is 9.61. The van der Waals surface area contributed by atoms with Crippen LogP contribution in [0, 0.1) is 10.1 Å². The molecule has 1 N–H and O–H groups in total. The maximum atomic E-state index is 12.3. The van der Waals surface area contributed by atoms with Crippen molar-refractivity contribution in [3.63, 3.8) is 0 Å². The number of rotatable bonds is 6. The number of nitro benzene ring substituents is 1. The van der Waals surface area contributed by atoms with Crippen molar-refractivity contribution in [3.05, 3.63) is 64.2 Å². The molecule has 0 radical (unpaired) electrons. The van der Waals surface area contributed by atoms with Gasteiger partial charge in [-0.15, -0.1) is 0 Å². The van der Waals surface area contributed by atoms with Crippen LogP contribution in [-0.2, 0) is 4.74 Å². The molecule has 0 saturated heterocycles. The molecule has 134 valence electrons. The molecule has 6 heteroatoms. The molecule has 0 aromatic heterocycles. The Morgan fingerprint density at radius 2 is 2.00 bits per heavy atom. The summed E-state index contributed by atoms with van der Waals surface area (Å²) < 4.78 is 5.50. The number of amides is 1. The summed E-state index contributed by atoms with van der Waals surface area (Å²) in [5, 5.41) is 14.1. The van der Waals surface area contributed by atoms with Gasteiger partial charge in [-0.1, -0.05) is 49.6 Å². The number of nitro groups is 1. The van der Waals surface area contributed by atoms with Crippen molar-refractivity contribution in [3.8, 4) is 0 Å². The SMILES string of the molecule is C/C=C/C=C/C(OC(=O)NC1CCCCC1)c1ccccc1[N+](=O)[O-]. The Morgan fingerprint density at radius 3 is 2.68 bits per heavy atom. The first-order chi connectivity index (χ1) is 12.1. The van der Waals surface area contributed by atoms with E-state index in [4.69, 9.17) is 4.74 Å². The van der Waals surface area contributed by atoms with E-state index in [1.165, 1.54) is 12.5 Å². The number of ether oxygens (including phenoxy) is 1. The largest absolute Gasteiger partial charge is 0.437 e. The molecular formula is C19H24N2O4. The van der Waals surface area contributed by atoms with E-state index < -0.39 is 17.1 Å². The number of allylic oxidation sites excluding steroid dienone is 3. The average Bonchev–Trinajstić information content (AvgIpc) is 2.62. The van der Waals surface area contributed by atoms with E-state index in [1.54, 1.807) is 36.4 Å². The lowest BCUT2D eigenvalue weighted by Gasteiger charge is -2.23. The fraction of sp³-hybridized carbons (Fsp3) is 0.421. The molecule has 1 atom stereocenters. The smallest absolute Gasteiger partial charge is 0.408 e. The molecule has 0 heterocycles. The zero-order valence-electron chi connectivity index (χ0n) is 14.4. The molecule has 1 aliphatic rings. The number of nitrogens with zero attached hydrogens (tertiary/aromatic N) is 1. The van der Waals surface area contributed by atoms with Crippen LogP contribution in [0.15, 0.2) is 48.6 Å². The first-order valence-corrected chi connectivity index (χ1v) is 8.61. The highest BCUT2D eigenvalue weighted by molar-refractivity contribution is 5.68. The Balaban J connectivity index is 2.15. The van der Waals surface area contributed by atoms with Gasteiger partial charge in [-0.3, -0.25) is 10.1 Å². The van der Waals surface area contributed by atoms with E-state index in [-0.39, 0.29) is 11.7 Å². The molecule has 0 aliphatic heterocycles. The van der Waals surface area contributed by atoms with E-state index in [1.807, 2.05) is 13.0 Å². The van der Waals surface area contributed by atoms with Crippen molar-refractivity contribution < 1.29 is 14.5 Å². The van der Waals surface area contributed by atoms with E-state index in [0.29, 0.717) is 5.56 Å². The molecule has 1 amide bonds. The molecular weight excluding hydrogens is 320 g/mol. The number of carbonyl (C=O) groups is 1. The van der Waals surface area contributed by atoms with Crippen LogP contribution in [0.25, 0.3) is 0 Å². The topological polar surface area (TPSA) is 81.5 Å². The van der Waals surface area contributed by atoms with Crippen LogP contribution in [0.3, 0.4) is 0 Å². The lowest BCUT2D eigenvalue weighted by molar-refractivity contribution is -0.386. The summed E-state index contributed by atoms with van der Waals surface area (Å²) in [7, 11) is 0. The van der Waals surface area contributed by atoms with Crippen LogP contribution >= 0.6 is 0 Å². The minimum atomic E-state index is -0.818. The summed E-state index contributed by atoms with van der Waals surface area (Å²) in [6.45, 7) is 1.86. The van der Waals surface area contributed by atoms with Gasteiger partial charge in [0.1, 0.15) is 0 Å². The summed E-state index contributed by atoms with van der Waals surface area (Å²) in [4.78, 5) is 23.1. The molecule has 0 spiro atoms. The van der Waals surface area contributed by atoms with E-state index in [9.17, 15) is 14.9 Å². The fourth-order valence-corrected chi connectivity index (χ4v) is 2.94. The van der Waals surface area contributed by atoms with E-state index >= 15 is 0 Å². The van der Waals surface area contributed by atoms with Gasteiger partial charge in [0.2, 0.25) is 0 Å². The Bertz CT molecular complexity index is 649. The van der Waals surface area contributed by atoms with Gasteiger partial charge in [0.05, 0.1) is 10.5 Å².